The Hall–Kier alpha value is -2.62. The summed E-state index contributed by atoms with van der Waals surface area (Å²) in [4.78, 5) is 25.1. The van der Waals surface area contributed by atoms with E-state index in [0.29, 0.717) is 11.5 Å². The molecule has 4 heteroatoms. The van der Waals surface area contributed by atoms with Gasteiger partial charge in [-0.1, -0.05) is 56.7 Å². The maximum Gasteiger partial charge on any atom is 0.326 e. The van der Waals surface area contributed by atoms with Crippen LogP contribution in [0.25, 0.3) is 0 Å². The fourth-order valence-electron chi connectivity index (χ4n) is 2.52. The third-order valence-corrected chi connectivity index (χ3v) is 3.74. The molecule has 0 aliphatic heterocycles. The maximum atomic E-state index is 12.5. The van der Waals surface area contributed by atoms with Crippen molar-refractivity contribution in [3.05, 3.63) is 60.7 Å². The van der Waals surface area contributed by atoms with Crippen molar-refractivity contribution in [3.8, 4) is 11.5 Å². The molecule has 0 aliphatic carbocycles. The summed E-state index contributed by atoms with van der Waals surface area (Å²) in [5.41, 5.74) is 0. The molecule has 0 aromatic heterocycles. The third kappa shape index (κ3) is 4.95. The summed E-state index contributed by atoms with van der Waals surface area (Å²) in [6.07, 6.45) is 1.60. The number of ether oxygens (including phenoxy) is 2. The highest BCUT2D eigenvalue weighted by Crippen LogP contribution is 2.23. The van der Waals surface area contributed by atoms with Crippen molar-refractivity contribution in [3.63, 3.8) is 0 Å². The second kappa shape index (κ2) is 8.87. The molecule has 2 rings (SSSR count). The molecule has 0 spiro atoms. The molecular formula is C20H22O4. The van der Waals surface area contributed by atoms with Gasteiger partial charge in [-0.3, -0.25) is 9.59 Å². The van der Waals surface area contributed by atoms with Gasteiger partial charge in [0, 0.05) is 0 Å². The van der Waals surface area contributed by atoms with Crippen molar-refractivity contribution >= 4 is 11.9 Å². The number of hydrogen-bond donors (Lipinski definition) is 0. The Bertz CT molecular complexity index is 598. The average Bonchev–Trinajstić information content (AvgIpc) is 2.57. The van der Waals surface area contributed by atoms with Gasteiger partial charge < -0.3 is 9.47 Å². The van der Waals surface area contributed by atoms with Crippen molar-refractivity contribution < 1.29 is 19.1 Å². The smallest absolute Gasteiger partial charge is 0.326 e. The van der Waals surface area contributed by atoms with Gasteiger partial charge in [0.25, 0.3) is 0 Å². The fraction of sp³-hybridized carbons (Fsp3) is 0.300. The molecule has 0 aliphatic rings. The normalized spacial score (nSPS) is 11.8. The summed E-state index contributed by atoms with van der Waals surface area (Å²) in [5.74, 6) is -1.44. The van der Waals surface area contributed by atoms with E-state index in [1.54, 1.807) is 48.5 Å². The molecule has 2 aromatic carbocycles. The first-order valence-corrected chi connectivity index (χ1v) is 8.15. The first kappa shape index (κ1) is 17.7. The van der Waals surface area contributed by atoms with Gasteiger partial charge in [-0.05, 0) is 36.6 Å². The van der Waals surface area contributed by atoms with Crippen LogP contribution in [0.5, 0.6) is 11.5 Å². The van der Waals surface area contributed by atoms with E-state index in [4.69, 9.17) is 9.47 Å². The molecule has 126 valence electrons. The zero-order valence-electron chi connectivity index (χ0n) is 14.0. The predicted molar refractivity (Wildman–Crippen MR) is 91.7 cm³/mol. The predicted octanol–water partition coefficient (Wildman–Crippen LogP) is 4.25. The van der Waals surface area contributed by atoms with Gasteiger partial charge in [-0.25, -0.2) is 0 Å². The second-order valence-corrected chi connectivity index (χ2v) is 5.71. The van der Waals surface area contributed by atoms with Gasteiger partial charge in [0.1, 0.15) is 11.5 Å². The Morgan fingerprint density at radius 3 is 1.62 bits per heavy atom. The van der Waals surface area contributed by atoms with Gasteiger partial charge >= 0.3 is 11.9 Å². The van der Waals surface area contributed by atoms with Crippen LogP contribution in [0.3, 0.4) is 0 Å². The lowest BCUT2D eigenvalue weighted by molar-refractivity contribution is -0.153. The van der Waals surface area contributed by atoms with Gasteiger partial charge in [-0.15, -0.1) is 0 Å². The van der Waals surface area contributed by atoms with Crippen molar-refractivity contribution in [2.45, 2.75) is 26.7 Å². The van der Waals surface area contributed by atoms with E-state index in [2.05, 4.69) is 0 Å². The largest absolute Gasteiger partial charge is 0.426 e. The fourth-order valence-corrected chi connectivity index (χ4v) is 2.52. The number of carbonyl (C=O) groups excluding carboxylic acids is 2. The molecule has 0 fully saturated rings. The van der Waals surface area contributed by atoms with Crippen LogP contribution in [0.1, 0.15) is 26.7 Å². The third-order valence-electron chi connectivity index (χ3n) is 3.74. The zero-order chi connectivity index (χ0) is 17.4. The number of hydrogen-bond acceptors (Lipinski definition) is 4. The number of benzene rings is 2. The summed E-state index contributed by atoms with van der Waals surface area (Å²) >= 11 is 0. The Labute approximate surface area is 142 Å². The Balaban J connectivity index is 2.14. The van der Waals surface area contributed by atoms with E-state index in [-0.39, 0.29) is 5.92 Å². The van der Waals surface area contributed by atoms with Crippen molar-refractivity contribution in [2.75, 3.05) is 0 Å². The molecule has 0 N–H and O–H groups in total. The number of rotatable bonds is 7. The quantitative estimate of drug-likeness (QED) is 0.433. The molecule has 0 saturated carbocycles. The lowest BCUT2D eigenvalue weighted by Crippen LogP contribution is -2.36. The molecule has 0 heterocycles. The highest BCUT2D eigenvalue weighted by Gasteiger charge is 2.35. The molecule has 24 heavy (non-hydrogen) atoms. The SMILES string of the molecule is CCCC(C)C(C(=O)Oc1ccccc1)C(=O)Oc1ccccc1. The molecular weight excluding hydrogens is 304 g/mol. The standard InChI is InChI=1S/C20H22O4/c1-3-10-15(2)18(19(21)23-16-11-6-4-7-12-16)20(22)24-17-13-8-5-9-14-17/h4-9,11-15,18H,3,10H2,1-2H3. The van der Waals surface area contributed by atoms with Gasteiger partial charge in [0.05, 0.1) is 0 Å². The zero-order valence-corrected chi connectivity index (χ0v) is 14.0. The molecule has 2 aromatic rings. The van der Waals surface area contributed by atoms with Crippen LogP contribution in [0.2, 0.25) is 0 Å². The maximum absolute atomic E-state index is 12.5. The second-order valence-electron chi connectivity index (χ2n) is 5.71. The van der Waals surface area contributed by atoms with Crippen molar-refractivity contribution in [1.29, 1.82) is 0 Å². The average molecular weight is 326 g/mol. The van der Waals surface area contributed by atoms with Crippen LogP contribution < -0.4 is 9.47 Å². The highest BCUT2D eigenvalue weighted by atomic mass is 16.6. The number of para-hydroxylation sites is 2. The topological polar surface area (TPSA) is 52.6 Å². The summed E-state index contributed by atoms with van der Waals surface area (Å²) in [7, 11) is 0. The summed E-state index contributed by atoms with van der Waals surface area (Å²) < 4.78 is 10.7. The van der Waals surface area contributed by atoms with Gasteiger partial charge in [0.2, 0.25) is 0 Å². The molecule has 0 amide bonds. The Morgan fingerprint density at radius 1 is 0.833 bits per heavy atom. The highest BCUT2D eigenvalue weighted by molar-refractivity contribution is 5.97. The number of carbonyl (C=O) groups is 2. The summed E-state index contributed by atoms with van der Waals surface area (Å²) in [6, 6.07) is 17.5. The van der Waals surface area contributed by atoms with Crippen LogP contribution in [0, 0.1) is 11.8 Å². The lowest BCUT2D eigenvalue weighted by atomic mass is 9.90. The minimum atomic E-state index is -0.953. The summed E-state index contributed by atoms with van der Waals surface area (Å²) in [5, 5.41) is 0. The minimum absolute atomic E-state index is 0.164. The minimum Gasteiger partial charge on any atom is -0.426 e. The first-order valence-electron chi connectivity index (χ1n) is 8.15. The molecule has 1 unspecified atom stereocenters. The molecule has 4 nitrogen and oxygen atoms in total. The van der Waals surface area contributed by atoms with Crippen LogP contribution in [-0.2, 0) is 9.59 Å². The molecule has 0 saturated heterocycles. The van der Waals surface area contributed by atoms with E-state index in [1.807, 2.05) is 26.0 Å². The van der Waals surface area contributed by atoms with E-state index in [9.17, 15) is 9.59 Å². The number of esters is 2. The van der Waals surface area contributed by atoms with E-state index in [1.165, 1.54) is 0 Å². The molecule has 0 bridgehead atoms. The molecule has 1 atom stereocenters. The van der Waals surface area contributed by atoms with E-state index < -0.39 is 17.9 Å². The Kier molecular flexibility index (Phi) is 6.55. The molecule has 0 radical (unpaired) electrons. The monoisotopic (exact) mass is 326 g/mol. The van der Waals surface area contributed by atoms with Crippen LogP contribution >= 0.6 is 0 Å². The Morgan fingerprint density at radius 2 is 1.25 bits per heavy atom. The van der Waals surface area contributed by atoms with Crippen LogP contribution in [0.15, 0.2) is 60.7 Å². The van der Waals surface area contributed by atoms with E-state index >= 15 is 0 Å². The van der Waals surface area contributed by atoms with Gasteiger partial charge in [0.15, 0.2) is 5.92 Å². The van der Waals surface area contributed by atoms with Crippen LogP contribution in [-0.4, -0.2) is 11.9 Å². The van der Waals surface area contributed by atoms with Crippen LogP contribution in [0.4, 0.5) is 0 Å². The summed E-state index contributed by atoms with van der Waals surface area (Å²) in [6.45, 7) is 3.88. The van der Waals surface area contributed by atoms with Crippen molar-refractivity contribution in [2.24, 2.45) is 11.8 Å². The van der Waals surface area contributed by atoms with Crippen molar-refractivity contribution in [1.82, 2.24) is 0 Å². The van der Waals surface area contributed by atoms with Gasteiger partial charge in [-0.2, -0.15) is 0 Å². The lowest BCUT2D eigenvalue weighted by Gasteiger charge is -2.20. The first-order chi connectivity index (χ1) is 11.6. The van der Waals surface area contributed by atoms with E-state index in [0.717, 1.165) is 12.8 Å².